The molecule has 82 valence electrons. The van der Waals surface area contributed by atoms with Crippen LogP contribution in [0.4, 0.5) is 0 Å². The van der Waals surface area contributed by atoms with Crippen molar-refractivity contribution in [3.63, 3.8) is 0 Å². The van der Waals surface area contributed by atoms with Crippen molar-refractivity contribution >= 4 is 11.3 Å². The molecule has 1 aromatic heterocycles. The molecule has 0 fully saturated rings. The summed E-state index contributed by atoms with van der Waals surface area (Å²) in [6.07, 6.45) is 4.31. The third kappa shape index (κ3) is 2.40. The summed E-state index contributed by atoms with van der Waals surface area (Å²) in [7, 11) is 0. The lowest BCUT2D eigenvalue weighted by Crippen LogP contribution is -2.30. The molecule has 3 N–H and O–H groups in total. The molecule has 0 saturated heterocycles. The monoisotopic (exact) mass is 224 g/mol. The molecule has 0 bridgehead atoms. The van der Waals surface area contributed by atoms with Gasteiger partial charge in [-0.15, -0.1) is 11.3 Å². The second-order valence-electron chi connectivity index (χ2n) is 3.65. The molecule has 3 nitrogen and oxygen atoms in total. The Hall–Kier alpha value is -0.840. The largest absolute Gasteiger partial charge is 0.496 e. The number of aryl methyl sites for hydroxylation is 1. The summed E-state index contributed by atoms with van der Waals surface area (Å²) in [6, 6.07) is 4.22. The smallest absolute Gasteiger partial charge is 0.116 e. The maximum Gasteiger partial charge on any atom is 0.116 e. The molecule has 1 aliphatic rings. The molecular weight excluding hydrogens is 208 g/mol. The first-order chi connectivity index (χ1) is 7.31. The Morgan fingerprint density at radius 1 is 1.53 bits per heavy atom. The maximum atomic E-state index is 5.62. The van der Waals surface area contributed by atoms with E-state index in [0.29, 0.717) is 0 Å². The van der Waals surface area contributed by atoms with Crippen molar-refractivity contribution < 1.29 is 4.74 Å². The predicted molar refractivity (Wildman–Crippen MR) is 62.4 cm³/mol. The zero-order valence-corrected chi connectivity index (χ0v) is 9.64. The van der Waals surface area contributed by atoms with Crippen LogP contribution in [0.3, 0.4) is 0 Å². The third-order valence-electron chi connectivity index (χ3n) is 2.46. The van der Waals surface area contributed by atoms with Gasteiger partial charge in [-0.3, -0.25) is 5.84 Å². The molecule has 0 saturated carbocycles. The van der Waals surface area contributed by atoms with E-state index in [1.807, 2.05) is 0 Å². The average Bonchev–Trinajstić information content (AvgIpc) is 2.68. The summed E-state index contributed by atoms with van der Waals surface area (Å²) in [4.78, 5) is 2.50. The van der Waals surface area contributed by atoms with E-state index in [-0.39, 0.29) is 6.04 Å². The van der Waals surface area contributed by atoms with Gasteiger partial charge in [0.1, 0.15) is 11.8 Å². The molecule has 2 rings (SSSR count). The number of thiophene rings is 1. The maximum absolute atomic E-state index is 5.62. The molecule has 4 heteroatoms. The first-order valence-electron chi connectivity index (χ1n) is 5.16. The lowest BCUT2D eigenvalue weighted by atomic mass is 10.1. The Morgan fingerprint density at radius 3 is 2.93 bits per heavy atom. The number of hydrogen-bond acceptors (Lipinski definition) is 4. The summed E-state index contributed by atoms with van der Waals surface area (Å²) in [5.74, 6) is 6.54. The molecule has 2 heterocycles. The SMILES string of the molecule is Cc1ccc(C(NN)C2=CCCCO2)s1. The van der Waals surface area contributed by atoms with Crippen molar-refractivity contribution in [2.75, 3.05) is 6.61 Å². The fourth-order valence-electron chi connectivity index (χ4n) is 1.69. The molecule has 0 spiro atoms. The van der Waals surface area contributed by atoms with Crippen LogP contribution >= 0.6 is 11.3 Å². The van der Waals surface area contributed by atoms with Crippen molar-refractivity contribution in [1.29, 1.82) is 0 Å². The van der Waals surface area contributed by atoms with Crippen LogP contribution in [0.5, 0.6) is 0 Å². The number of ether oxygens (including phenoxy) is 1. The standard InChI is InChI=1S/C11H16N2OS/c1-8-5-6-10(15-8)11(13-12)9-4-2-3-7-14-9/h4-6,11,13H,2-3,7,12H2,1H3. The van der Waals surface area contributed by atoms with Gasteiger partial charge in [-0.25, -0.2) is 5.43 Å². The van der Waals surface area contributed by atoms with Gasteiger partial charge < -0.3 is 4.74 Å². The topological polar surface area (TPSA) is 47.3 Å². The summed E-state index contributed by atoms with van der Waals surface area (Å²) < 4.78 is 5.62. The Morgan fingerprint density at radius 2 is 2.40 bits per heavy atom. The second kappa shape index (κ2) is 4.79. The van der Waals surface area contributed by atoms with Crippen molar-refractivity contribution in [1.82, 2.24) is 5.43 Å². The van der Waals surface area contributed by atoms with Crippen LogP contribution < -0.4 is 11.3 Å². The van der Waals surface area contributed by atoms with E-state index in [0.717, 1.165) is 25.2 Å². The van der Waals surface area contributed by atoms with Crippen LogP contribution in [0, 0.1) is 6.92 Å². The van der Waals surface area contributed by atoms with Crippen LogP contribution in [0.2, 0.25) is 0 Å². The molecule has 1 aliphatic heterocycles. The average molecular weight is 224 g/mol. The summed E-state index contributed by atoms with van der Waals surface area (Å²) >= 11 is 1.75. The van der Waals surface area contributed by atoms with Gasteiger partial charge >= 0.3 is 0 Å². The van der Waals surface area contributed by atoms with E-state index in [1.165, 1.54) is 9.75 Å². The Labute approximate surface area is 93.9 Å². The third-order valence-corrected chi connectivity index (χ3v) is 3.53. The number of allylic oxidation sites excluding steroid dienone is 1. The zero-order chi connectivity index (χ0) is 10.7. The molecule has 1 atom stereocenters. The normalized spacial score (nSPS) is 18.1. The lowest BCUT2D eigenvalue weighted by Gasteiger charge is -2.22. The number of hydrazine groups is 1. The van der Waals surface area contributed by atoms with Gasteiger partial charge in [0.2, 0.25) is 0 Å². The number of nitrogens with two attached hydrogens (primary N) is 1. The fourth-order valence-corrected chi connectivity index (χ4v) is 2.64. The van der Waals surface area contributed by atoms with E-state index in [9.17, 15) is 0 Å². The van der Waals surface area contributed by atoms with E-state index in [2.05, 4.69) is 30.6 Å². The summed E-state index contributed by atoms with van der Waals surface area (Å²) in [5.41, 5.74) is 2.82. The van der Waals surface area contributed by atoms with Crippen molar-refractivity contribution in [3.8, 4) is 0 Å². The molecule has 0 radical (unpaired) electrons. The van der Waals surface area contributed by atoms with Gasteiger partial charge in [0.25, 0.3) is 0 Å². The highest BCUT2D eigenvalue weighted by Crippen LogP contribution is 2.30. The quantitative estimate of drug-likeness (QED) is 0.611. The second-order valence-corrected chi connectivity index (χ2v) is 4.96. The zero-order valence-electron chi connectivity index (χ0n) is 8.82. The molecule has 0 aromatic carbocycles. The number of nitrogens with one attached hydrogen (secondary N) is 1. The van der Waals surface area contributed by atoms with Crippen LogP contribution in [0.25, 0.3) is 0 Å². The van der Waals surface area contributed by atoms with Gasteiger partial charge in [-0.05, 0) is 38.0 Å². The Kier molecular flexibility index (Phi) is 3.41. The van der Waals surface area contributed by atoms with Gasteiger partial charge in [-0.2, -0.15) is 0 Å². The van der Waals surface area contributed by atoms with Crippen LogP contribution in [-0.4, -0.2) is 6.61 Å². The van der Waals surface area contributed by atoms with Gasteiger partial charge in [-0.1, -0.05) is 0 Å². The highest BCUT2D eigenvalue weighted by molar-refractivity contribution is 7.12. The predicted octanol–water partition coefficient (Wildman–Crippen LogP) is 2.26. The minimum absolute atomic E-state index is 0.0176. The summed E-state index contributed by atoms with van der Waals surface area (Å²) in [5, 5.41) is 0. The van der Waals surface area contributed by atoms with E-state index < -0.39 is 0 Å². The molecule has 1 aromatic rings. The first kappa shape index (κ1) is 10.7. The van der Waals surface area contributed by atoms with E-state index in [1.54, 1.807) is 11.3 Å². The van der Waals surface area contributed by atoms with Gasteiger partial charge in [0.15, 0.2) is 0 Å². The summed E-state index contributed by atoms with van der Waals surface area (Å²) in [6.45, 7) is 2.90. The van der Waals surface area contributed by atoms with Gasteiger partial charge in [0, 0.05) is 9.75 Å². The first-order valence-corrected chi connectivity index (χ1v) is 5.98. The van der Waals surface area contributed by atoms with Gasteiger partial charge in [0.05, 0.1) is 6.61 Å². The fraction of sp³-hybridized carbons (Fsp3) is 0.455. The van der Waals surface area contributed by atoms with Crippen LogP contribution in [0.1, 0.15) is 28.6 Å². The molecule has 15 heavy (non-hydrogen) atoms. The van der Waals surface area contributed by atoms with Crippen molar-refractivity contribution in [2.45, 2.75) is 25.8 Å². The number of rotatable bonds is 3. The molecule has 1 unspecified atom stereocenters. The number of hydrogen-bond donors (Lipinski definition) is 2. The van der Waals surface area contributed by atoms with Crippen molar-refractivity contribution in [2.24, 2.45) is 5.84 Å². The molecular formula is C11H16N2OS. The Balaban J connectivity index is 2.19. The highest BCUT2D eigenvalue weighted by Gasteiger charge is 2.19. The highest BCUT2D eigenvalue weighted by atomic mass is 32.1. The van der Waals surface area contributed by atoms with Crippen molar-refractivity contribution in [3.05, 3.63) is 33.7 Å². The molecule has 0 aliphatic carbocycles. The molecule has 0 amide bonds. The van der Waals surface area contributed by atoms with E-state index in [4.69, 9.17) is 10.6 Å². The van der Waals surface area contributed by atoms with E-state index >= 15 is 0 Å². The minimum Gasteiger partial charge on any atom is -0.496 e. The lowest BCUT2D eigenvalue weighted by molar-refractivity contribution is 0.168. The van der Waals surface area contributed by atoms with Crippen LogP contribution in [-0.2, 0) is 4.74 Å². The van der Waals surface area contributed by atoms with Crippen LogP contribution in [0.15, 0.2) is 24.0 Å². The Bertz CT molecular complexity index is 359. The minimum atomic E-state index is 0.0176.